The fourth-order valence-corrected chi connectivity index (χ4v) is 1.49. The zero-order chi connectivity index (χ0) is 14.3. The van der Waals surface area contributed by atoms with Crippen LogP contribution in [0.2, 0.25) is 0 Å². The number of hydrogen-bond donors (Lipinski definition) is 1. The van der Waals surface area contributed by atoms with Gasteiger partial charge in [-0.2, -0.15) is 0 Å². The number of halogens is 1. The first-order valence-electron chi connectivity index (χ1n) is 5.90. The molecule has 1 N–H and O–H groups in total. The third-order valence-corrected chi connectivity index (χ3v) is 2.77. The van der Waals surface area contributed by atoms with Crippen LogP contribution < -0.4 is 5.32 Å². The van der Waals surface area contributed by atoms with Gasteiger partial charge in [0.15, 0.2) is 11.3 Å². The lowest BCUT2D eigenvalue weighted by molar-refractivity contribution is -0.144. The van der Waals surface area contributed by atoms with E-state index in [1.807, 2.05) is 13.8 Å². The summed E-state index contributed by atoms with van der Waals surface area (Å²) in [7, 11) is 0. The zero-order valence-electron chi connectivity index (χ0n) is 10.8. The van der Waals surface area contributed by atoms with Gasteiger partial charge in [-0.25, -0.2) is 4.79 Å². The SMILES string of the molecule is CC[C@@H](C)NC(=O)COC(=O)/C=C/c1ccc(Br)o1. The predicted molar refractivity (Wildman–Crippen MR) is 74.3 cm³/mol. The lowest BCUT2D eigenvalue weighted by Gasteiger charge is -2.10. The van der Waals surface area contributed by atoms with Crippen LogP contribution in [0.15, 0.2) is 27.3 Å². The molecule has 1 amide bonds. The first-order valence-corrected chi connectivity index (χ1v) is 6.70. The van der Waals surface area contributed by atoms with E-state index >= 15 is 0 Å². The number of carbonyl (C=O) groups is 2. The molecule has 6 heteroatoms. The number of hydrogen-bond acceptors (Lipinski definition) is 4. The minimum absolute atomic E-state index is 0.0715. The van der Waals surface area contributed by atoms with Crippen LogP contribution in [0.1, 0.15) is 26.0 Å². The van der Waals surface area contributed by atoms with Crippen molar-refractivity contribution in [2.24, 2.45) is 0 Å². The molecule has 0 aliphatic heterocycles. The van der Waals surface area contributed by atoms with E-state index in [2.05, 4.69) is 21.2 Å². The predicted octanol–water partition coefficient (Wildman–Crippen LogP) is 2.51. The van der Waals surface area contributed by atoms with Crippen molar-refractivity contribution >= 4 is 33.9 Å². The summed E-state index contributed by atoms with van der Waals surface area (Å²) in [6.45, 7) is 3.56. The molecular formula is C13H16BrNO4. The summed E-state index contributed by atoms with van der Waals surface area (Å²) in [5.41, 5.74) is 0. The number of carbonyl (C=O) groups excluding carboxylic acids is 2. The van der Waals surface area contributed by atoms with Crippen molar-refractivity contribution in [3.63, 3.8) is 0 Å². The summed E-state index contributed by atoms with van der Waals surface area (Å²) in [4.78, 5) is 22.7. The molecular weight excluding hydrogens is 314 g/mol. The Morgan fingerprint density at radius 3 is 2.84 bits per heavy atom. The normalized spacial score (nSPS) is 12.4. The van der Waals surface area contributed by atoms with E-state index in [0.717, 1.165) is 6.42 Å². The van der Waals surface area contributed by atoms with E-state index in [1.165, 1.54) is 12.2 Å². The zero-order valence-corrected chi connectivity index (χ0v) is 12.4. The average molecular weight is 330 g/mol. The second kappa shape index (κ2) is 7.78. The Kier molecular flexibility index (Phi) is 6.35. The van der Waals surface area contributed by atoms with Crippen molar-refractivity contribution in [2.45, 2.75) is 26.3 Å². The highest BCUT2D eigenvalue weighted by Crippen LogP contribution is 2.14. The molecule has 0 aliphatic rings. The van der Waals surface area contributed by atoms with Crippen molar-refractivity contribution in [3.05, 3.63) is 28.6 Å². The maximum Gasteiger partial charge on any atom is 0.331 e. The molecule has 0 bridgehead atoms. The molecule has 0 fully saturated rings. The number of nitrogens with one attached hydrogen (secondary N) is 1. The second-order valence-electron chi connectivity index (χ2n) is 3.96. The van der Waals surface area contributed by atoms with Gasteiger partial charge in [0, 0.05) is 12.1 Å². The van der Waals surface area contributed by atoms with Gasteiger partial charge < -0.3 is 14.5 Å². The summed E-state index contributed by atoms with van der Waals surface area (Å²) in [6, 6.07) is 3.48. The van der Waals surface area contributed by atoms with Crippen LogP contribution in [0.4, 0.5) is 0 Å². The van der Waals surface area contributed by atoms with E-state index in [0.29, 0.717) is 10.4 Å². The highest BCUT2D eigenvalue weighted by Gasteiger charge is 2.07. The molecule has 0 saturated heterocycles. The van der Waals surface area contributed by atoms with Crippen LogP contribution in [-0.4, -0.2) is 24.5 Å². The van der Waals surface area contributed by atoms with Gasteiger partial charge in [0.2, 0.25) is 0 Å². The number of amides is 1. The summed E-state index contributed by atoms with van der Waals surface area (Å²) < 4.78 is 10.5. The van der Waals surface area contributed by atoms with E-state index in [1.54, 1.807) is 12.1 Å². The Morgan fingerprint density at radius 1 is 1.53 bits per heavy atom. The fraction of sp³-hybridized carbons (Fsp3) is 0.385. The fourth-order valence-electron chi connectivity index (χ4n) is 1.17. The Balaban J connectivity index is 2.32. The van der Waals surface area contributed by atoms with Gasteiger partial charge in [0.25, 0.3) is 5.91 Å². The quantitative estimate of drug-likeness (QED) is 0.643. The van der Waals surface area contributed by atoms with E-state index in [4.69, 9.17) is 9.15 Å². The summed E-state index contributed by atoms with van der Waals surface area (Å²) in [6.07, 6.45) is 3.51. The molecule has 0 unspecified atom stereocenters. The van der Waals surface area contributed by atoms with Crippen LogP contribution in [-0.2, 0) is 14.3 Å². The smallest absolute Gasteiger partial charge is 0.331 e. The Morgan fingerprint density at radius 2 is 2.26 bits per heavy atom. The van der Waals surface area contributed by atoms with Gasteiger partial charge in [-0.15, -0.1) is 0 Å². The van der Waals surface area contributed by atoms with Crippen LogP contribution in [0.5, 0.6) is 0 Å². The molecule has 1 aromatic rings. The average Bonchev–Trinajstić information content (AvgIpc) is 2.79. The van der Waals surface area contributed by atoms with Gasteiger partial charge in [-0.05, 0) is 47.5 Å². The first-order chi connectivity index (χ1) is 9.01. The van der Waals surface area contributed by atoms with Gasteiger partial charge in [-0.1, -0.05) is 6.92 Å². The molecule has 1 atom stereocenters. The lowest BCUT2D eigenvalue weighted by Crippen LogP contribution is -2.35. The highest BCUT2D eigenvalue weighted by molar-refractivity contribution is 9.10. The van der Waals surface area contributed by atoms with Crippen LogP contribution in [0, 0.1) is 0 Å². The van der Waals surface area contributed by atoms with Gasteiger partial charge in [0.1, 0.15) is 5.76 Å². The van der Waals surface area contributed by atoms with Crippen LogP contribution in [0.3, 0.4) is 0 Å². The number of esters is 1. The summed E-state index contributed by atoms with van der Waals surface area (Å²) in [5, 5.41) is 2.70. The standard InChI is InChI=1S/C13H16BrNO4/c1-3-9(2)15-12(16)8-18-13(17)7-5-10-4-6-11(14)19-10/h4-7,9H,3,8H2,1-2H3,(H,15,16)/b7-5+/t9-/m1/s1. The van der Waals surface area contributed by atoms with Crippen molar-refractivity contribution in [1.82, 2.24) is 5.32 Å². The van der Waals surface area contributed by atoms with Crippen molar-refractivity contribution in [2.75, 3.05) is 6.61 Å². The molecule has 1 rings (SSSR count). The topological polar surface area (TPSA) is 68.5 Å². The molecule has 104 valence electrons. The van der Waals surface area contributed by atoms with Crippen molar-refractivity contribution in [1.29, 1.82) is 0 Å². The molecule has 19 heavy (non-hydrogen) atoms. The van der Waals surface area contributed by atoms with Crippen molar-refractivity contribution in [3.8, 4) is 0 Å². The molecule has 0 spiro atoms. The molecule has 0 aliphatic carbocycles. The van der Waals surface area contributed by atoms with Crippen LogP contribution >= 0.6 is 15.9 Å². The molecule has 0 radical (unpaired) electrons. The lowest BCUT2D eigenvalue weighted by atomic mass is 10.2. The number of rotatable bonds is 6. The Bertz CT molecular complexity index is 467. The minimum atomic E-state index is -0.591. The van der Waals surface area contributed by atoms with Crippen LogP contribution in [0.25, 0.3) is 6.08 Å². The molecule has 1 heterocycles. The Hall–Kier alpha value is -1.56. The highest BCUT2D eigenvalue weighted by atomic mass is 79.9. The summed E-state index contributed by atoms with van der Waals surface area (Å²) >= 11 is 3.15. The van der Waals surface area contributed by atoms with Gasteiger partial charge >= 0.3 is 5.97 Å². The summed E-state index contributed by atoms with van der Waals surface area (Å²) in [5.74, 6) is -0.378. The largest absolute Gasteiger partial charge is 0.452 e. The van der Waals surface area contributed by atoms with E-state index in [-0.39, 0.29) is 18.6 Å². The van der Waals surface area contributed by atoms with E-state index < -0.39 is 5.97 Å². The molecule has 5 nitrogen and oxygen atoms in total. The van der Waals surface area contributed by atoms with Gasteiger partial charge in [0.05, 0.1) is 0 Å². The maximum atomic E-state index is 11.4. The number of furan rings is 1. The minimum Gasteiger partial charge on any atom is -0.452 e. The third kappa shape index (κ3) is 6.24. The van der Waals surface area contributed by atoms with Crippen molar-refractivity contribution < 1.29 is 18.7 Å². The first kappa shape index (κ1) is 15.5. The molecule has 0 aromatic carbocycles. The van der Waals surface area contributed by atoms with Gasteiger partial charge in [-0.3, -0.25) is 4.79 Å². The maximum absolute atomic E-state index is 11.4. The molecule has 1 aromatic heterocycles. The Labute approximate surface area is 120 Å². The third-order valence-electron chi connectivity index (χ3n) is 2.34. The van der Waals surface area contributed by atoms with E-state index in [9.17, 15) is 9.59 Å². The molecule has 0 saturated carbocycles. The number of ether oxygens (including phenoxy) is 1. The monoisotopic (exact) mass is 329 g/mol. The second-order valence-corrected chi connectivity index (χ2v) is 4.74.